The van der Waals surface area contributed by atoms with Gasteiger partial charge in [0.05, 0.1) is 23.8 Å². The van der Waals surface area contributed by atoms with Crippen LogP contribution in [0.25, 0.3) is 0 Å². The Morgan fingerprint density at radius 1 is 1.29 bits per heavy atom. The van der Waals surface area contributed by atoms with Crippen LogP contribution in [0.1, 0.15) is 34.6 Å². The molecule has 1 aromatic carbocycles. The van der Waals surface area contributed by atoms with Gasteiger partial charge >= 0.3 is 0 Å². The Balaban J connectivity index is 2.26. The van der Waals surface area contributed by atoms with Crippen LogP contribution in [0, 0.1) is 0 Å². The molecular weight excluding hydrogens is 273 g/mol. The second-order valence-corrected chi connectivity index (χ2v) is 4.80. The van der Waals surface area contributed by atoms with Crippen molar-refractivity contribution in [3.63, 3.8) is 0 Å². The molecular formula is C16H18FNO3. The predicted molar refractivity (Wildman–Crippen MR) is 77.0 cm³/mol. The van der Waals surface area contributed by atoms with Crippen molar-refractivity contribution in [3.05, 3.63) is 47.0 Å². The summed E-state index contributed by atoms with van der Waals surface area (Å²) in [4.78, 5) is 25.6. The lowest BCUT2D eigenvalue weighted by Crippen LogP contribution is -2.42. The van der Waals surface area contributed by atoms with Gasteiger partial charge in [0.1, 0.15) is 6.67 Å². The third kappa shape index (κ3) is 2.88. The summed E-state index contributed by atoms with van der Waals surface area (Å²) in [6, 6.07) is 5.68. The van der Waals surface area contributed by atoms with E-state index in [-0.39, 0.29) is 0 Å². The molecule has 0 saturated heterocycles. The van der Waals surface area contributed by atoms with Crippen LogP contribution in [-0.2, 0) is 4.74 Å². The molecule has 21 heavy (non-hydrogen) atoms. The highest BCUT2D eigenvalue weighted by Crippen LogP contribution is 2.27. The van der Waals surface area contributed by atoms with E-state index in [0.29, 0.717) is 29.9 Å². The molecule has 0 spiro atoms. The molecule has 0 N–H and O–H groups in total. The van der Waals surface area contributed by atoms with Crippen molar-refractivity contribution in [2.75, 3.05) is 19.9 Å². The lowest BCUT2D eigenvalue weighted by Gasteiger charge is -2.24. The summed E-state index contributed by atoms with van der Waals surface area (Å²) in [5.74, 6) is -0.884. The van der Waals surface area contributed by atoms with E-state index in [2.05, 4.69) is 0 Å². The number of carbonyl (C=O) groups excluding carboxylic acids is 2. The van der Waals surface area contributed by atoms with Gasteiger partial charge in [0.2, 0.25) is 0 Å². The van der Waals surface area contributed by atoms with E-state index >= 15 is 0 Å². The number of rotatable bonds is 6. The lowest BCUT2D eigenvalue weighted by atomic mass is 10.1. The quantitative estimate of drug-likeness (QED) is 0.460. The molecule has 0 radical (unpaired) electrons. The minimum atomic E-state index is -0.877. The van der Waals surface area contributed by atoms with Crippen LogP contribution < -0.4 is 0 Å². The molecule has 0 aliphatic carbocycles. The van der Waals surface area contributed by atoms with Crippen molar-refractivity contribution in [2.45, 2.75) is 19.9 Å². The number of imide groups is 1. The number of ether oxygens (including phenoxy) is 1. The largest absolute Gasteiger partial charge is 0.378 e. The summed E-state index contributed by atoms with van der Waals surface area (Å²) in [5, 5.41) is 0. The zero-order valence-corrected chi connectivity index (χ0v) is 12.1. The van der Waals surface area contributed by atoms with Gasteiger partial charge in [-0.05, 0) is 31.6 Å². The van der Waals surface area contributed by atoms with Crippen LogP contribution in [0.2, 0.25) is 0 Å². The number of hydrogen-bond donors (Lipinski definition) is 0. The molecule has 1 unspecified atom stereocenters. The van der Waals surface area contributed by atoms with Crippen LogP contribution >= 0.6 is 0 Å². The van der Waals surface area contributed by atoms with Crippen LogP contribution in [-0.4, -0.2) is 42.6 Å². The number of nitrogens with zero attached hydrogens (tertiary/aromatic N) is 1. The molecule has 2 rings (SSSR count). The van der Waals surface area contributed by atoms with E-state index in [1.165, 1.54) is 0 Å². The summed E-state index contributed by atoms with van der Waals surface area (Å²) in [7, 11) is 0. The molecule has 1 aliphatic heterocycles. The van der Waals surface area contributed by atoms with E-state index < -0.39 is 24.5 Å². The number of halogens is 1. The maximum Gasteiger partial charge on any atom is 0.262 e. The number of hydrogen-bond acceptors (Lipinski definition) is 3. The molecule has 112 valence electrons. The predicted octanol–water partition coefficient (Wildman–Crippen LogP) is 2.60. The maximum absolute atomic E-state index is 13.4. The molecule has 2 amide bonds. The first kappa shape index (κ1) is 15.4. The van der Waals surface area contributed by atoms with Crippen LogP contribution in [0.4, 0.5) is 4.39 Å². The van der Waals surface area contributed by atoms with Gasteiger partial charge in [-0.15, -0.1) is 0 Å². The van der Waals surface area contributed by atoms with Gasteiger partial charge in [-0.1, -0.05) is 18.2 Å². The van der Waals surface area contributed by atoms with Crippen molar-refractivity contribution < 1.29 is 18.7 Å². The Bertz CT molecular complexity index is 548. The fourth-order valence-electron chi connectivity index (χ4n) is 2.33. The standard InChI is InChI=1S/C16H18FNO3/c1-3-21-9-8-11(2)14(10-17)18-15(19)12-6-4-5-7-13(12)16(18)20/h4-8,14H,3,9-10H2,1-2H3. The molecule has 1 atom stereocenters. The molecule has 0 aromatic heterocycles. The minimum absolute atomic E-state index is 0.332. The monoisotopic (exact) mass is 291 g/mol. The van der Waals surface area contributed by atoms with Gasteiger partial charge in [0, 0.05) is 6.61 Å². The number of carbonyl (C=O) groups is 2. The van der Waals surface area contributed by atoms with E-state index in [0.717, 1.165) is 4.90 Å². The SMILES string of the molecule is CCOCC=C(C)C(CF)N1C(=O)c2ccccc2C1=O. The Hall–Kier alpha value is -2.01. The summed E-state index contributed by atoms with van der Waals surface area (Å²) in [6.45, 7) is 3.64. The average Bonchev–Trinajstić information content (AvgIpc) is 2.74. The third-order valence-corrected chi connectivity index (χ3v) is 3.54. The van der Waals surface area contributed by atoms with Gasteiger partial charge < -0.3 is 4.74 Å². The van der Waals surface area contributed by atoms with Crippen molar-refractivity contribution in [1.82, 2.24) is 4.90 Å². The molecule has 1 heterocycles. The number of benzene rings is 1. The first-order chi connectivity index (χ1) is 10.1. The summed E-state index contributed by atoms with van der Waals surface area (Å²) in [6.07, 6.45) is 1.71. The first-order valence-corrected chi connectivity index (χ1v) is 6.89. The topological polar surface area (TPSA) is 46.6 Å². The molecule has 1 aromatic rings. The molecule has 1 aliphatic rings. The molecule has 0 saturated carbocycles. The Morgan fingerprint density at radius 3 is 2.33 bits per heavy atom. The fraction of sp³-hybridized carbons (Fsp3) is 0.375. The second kappa shape index (κ2) is 6.63. The Kier molecular flexibility index (Phi) is 4.85. The average molecular weight is 291 g/mol. The normalized spacial score (nSPS) is 16.3. The van der Waals surface area contributed by atoms with E-state index in [4.69, 9.17) is 4.74 Å². The van der Waals surface area contributed by atoms with Crippen molar-refractivity contribution in [3.8, 4) is 0 Å². The Morgan fingerprint density at radius 2 is 1.86 bits per heavy atom. The highest BCUT2D eigenvalue weighted by molar-refractivity contribution is 6.21. The van der Waals surface area contributed by atoms with Crippen LogP contribution in [0.5, 0.6) is 0 Å². The summed E-state index contributed by atoms with van der Waals surface area (Å²) >= 11 is 0. The zero-order chi connectivity index (χ0) is 15.4. The smallest absolute Gasteiger partial charge is 0.262 e. The summed E-state index contributed by atoms with van der Waals surface area (Å²) in [5.41, 5.74) is 1.28. The van der Waals surface area contributed by atoms with E-state index in [1.54, 1.807) is 37.3 Å². The maximum atomic E-state index is 13.4. The molecule has 0 bridgehead atoms. The van der Waals surface area contributed by atoms with Crippen LogP contribution in [0.3, 0.4) is 0 Å². The highest BCUT2D eigenvalue weighted by Gasteiger charge is 2.40. The van der Waals surface area contributed by atoms with Gasteiger partial charge in [0.15, 0.2) is 0 Å². The van der Waals surface area contributed by atoms with E-state index in [9.17, 15) is 14.0 Å². The first-order valence-electron chi connectivity index (χ1n) is 6.89. The van der Waals surface area contributed by atoms with Crippen LogP contribution in [0.15, 0.2) is 35.9 Å². The van der Waals surface area contributed by atoms with Gasteiger partial charge in [-0.3, -0.25) is 14.5 Å². The molecule has 0 fully saturated rings. The van der Waals surface area contributed by atoms with Crippen molar-refractivity contribution in [1.29, 1.82) is 0 Å². The summed E-state index contributed by atoms with van der Waals surface area (Å²) < 4.78 is 18.6. The molecule has 4 nitrogen and oxygen atoms in total. The molecule has 5 heteroatoms. The van der Waals surface area contributed by atoms with E-state index in [1.807, 2.05) is 6.92 Å². The lowest BCUT2D eigenvalue weighted by molar-refractivity contribution is 0.0586. The number of alkyl halides is 1. The minimum Gasteiger partial charge on any atom is -0.378 e. The van der Waals surface area contributed by atoms with Crippen molar-refractivity contribution in [2.24, 2.45) is 0 Å². The number of fused-ring (bicyclic) bond motifs is 1. The highest BCUT2D eigenvalue weighted by atomic mass is 19.1. The number of amides is 2. The van der Waals surface area contributed by atoms with Crippen molar-refractivity contribution >= 4 is 11.8 Å². The fourth-order valence-corrected chi connectivity index (χ4v) is 2.33. The Labute approximate surface area is 123 Å². The second-order valence-electron chi connectivity index (χ2n) is 4.80. The third-order valence-electron chi connectivity index (χ3n) is 3.54. The van der Waals surface area contributed by atoms with Gasteiger partial charge in [-0.2, -0.15) is 0 Å². The van der Waals surface area contributed by atoms with Gasteiger partial charge in [0.25, 0.3) is 11.8 Å². The van der Waals surface area contributed by atoms with Gasteiger partial charge in [-0.25, -0.2) is 4.39 Å². The zero-order valence-electron chi connectivity index (χ0n) is 12.1.